The zero-order chi connectivity index (χ0) is 27.5. The summed E-state index contributed by atoms with van der Waals surface area (Å²) in [6, 6.07) is 21.2. The number of benzene rings is 3. The molecular formula is C32H36ClN3O3. The molecule has 0 unspecified atom stereocenters. The van der Waals surface area contributed by atoms with Crippen LogP contribution in [0.4, 0.5) is 0 Å². The van der Waals surface area contributed by atoms with Crippen LogP contribution in [0.2, 0.25) is 5.02 Å². The highest BCUT2D eigenvalue weighted by Gasteiger charge is 2.11. The van der Waals surface area contributed by atoms with Crippen molar-refractivity contribution >= 4 is 28.5 Å². The minimum atomic E-state index is -0.0685. The molecule has 0 fully saturated rings. The van der Waals surface area contributed by atoms with E-state index in [1.807, 2.05) is 30.3 Å². The molecule has 0 spiro atoms. The molecule has 0 saturated heterocycles. The smallest absolute Gasteiger partial charge is 0.251 e. The standard InChI is InChI=1S/C32H36ClN3O3/c1-3-10-24-14-19-29(30(23-24)38-2)39-22-9-21-36-28-12-7-6-11-27(28)35-31(36)13-5-4-8-20-34-32(37)25-15-17-26(33)18-16-25/h3,6-7,11-12,14-19,23H,1,4-5,8-10,13,20-22H2,2H3,(H,34,37). The van der Waals surface area contributed by atoms with Crippen molar-refractivity contribution in [2.75, 3.05) is 20.3 Å². The summed E-state index contributed by atoms with van der Waals surface area (Å²) >= 11 is 5.90. The van der Waals surface area contributed by atoms with E-state index in [0.717, 1.165) is 79.0 Å². The maximum absolute atomic E-state index is 12.3. The highest BCUT2D eigenvalue weighted by atomic mass is 35.5. The largest absolute Gasteiger partial charge is 0.493 e. The van der Waals surface area contributed by atoms with Gasteiger partial charge in [0.25, 0.3) is 5.91 Å². The van der Waals surface area contributed by atoms with Gasteiger partial charge in [0.05, 0.1) is 24.8 Å². The molecular weight excluding hydrogens is 510 g/mol. The number of hydrogen-bond acceptors (Lipinski definition) is 4. The van der Waals surface area contributed by atoms with E-state index in [0.29, 0.717) is 23.7 Å². The first-order valence-electron chi connectivity index (χ1n) is 13.5. The van der Waals surface area contributed by atoms with Crippen molar-refractivity contribution in [3.63, 3.8) is 0 Å². The van der Waals surface area contributed by atoms with Gasteiger partial charge < -0.3 is 19.4 Å². The van der Waals surface area contributed by atoms with Gasteiger partial charge in [0, 0.05) is 30.1 Å². The van der Waals surface area contributed by atoms with Gasteiger partial charge in [-0.25, -0.2) is 4.98 Å². The Balaban J connectivity index is 1.26. The van der Waals surface area contributed by atoms with Gasteiger partial charge in [-0.1, -0.05) is 42.3 Å². The van der Waals surface area contributed by atoms with E-state index < -0.39 is 0 Å². The predicted octanol–water partition coefficient (Wildman–Crippen LogP) is 7.04. The Morgan fingerprint density at radius 1 is 1.03 bits per heavy atom. The molecule has 39 heavy (non-hydrogen) atoms. The molecule has 1 N–H and O–H groups in total. The van der Waals surface area contributed by atoms with Crippen LogP contribution in [0.5, 0.6) is 11.5 Å². The summed E-state index contributed by atoms with van der Waals surface area (Å²) in [5, 5.41) is 3.61. The molecule has 4 aromatic rings. The van der Waals surface area contributed by atoms with Crippen LogP contribution in [0.1, 0.15) is 47.4 Å². The van der Waals surface area contributed by atoms with Crippen LogP contribution in [0.3, 0.4) is 0 Å². The number of methoxy groups -OCH3 is 1. The summed E-state index contributed by atoms with van der Waals surface area (Å²) in [6.45, 7) is 5.85. The van der Waals surface area contributed by atoms with Crippen LogP contribution in [0, 0.1) is 0 Å². The maximum atomic E-state index is 12.3. The van der Waals surface area contributed by atoms with Gasteiger partial charge in [0.15, 0.2) is 11.5 Å². The fourth-order valence-electron chi connectivity index (χ4n) is 4.59. The van der Waals surface area contributed by atoms with E-state index in [9.17, 15) is 4.79 Å². The van der Waals surface area contributed by atoms with Crippen molar-refractivity contribution in [2.45, 2.75) is 45.1 Å². The van der Waals surface area contributed by atoms with Crippen molar-refractivity contribution in [2.24, 2.45) is 0 Å². The summed E-state index contributed by atoms with van der Waals surface area (Å²) in [5.74, 6) is 2.52. The second kappa shape index (κ2) is 14.4. The van der Waals surface area contributed by atoms with Crippen molar-refractivity contribution in [3.8, 4) is 11.5 Å². The summed E-state index contributed by atoms with van der Waals surface area (Å²) in [6.07, 6.45) is 7.34. The summed E-state index contributed by atoms with van der Waals surface area (Å²) in [4.78, 5) is 17.2. The van der Waals surface area contributed by atoms with Gasteiger partial charge >= 0.3 is 0 Å². The number of amides is 1. The number of nitrogens with zero attached hydrogens (tertiary/aromatic N) is 2. The van der Waals surface area contributed by atoms with Crippen LogP contribution in [-0.2, 0) is 19.4 Å². The number of allylic oxidation sites excluding steroid dienone is 1. The molecule has 1 heterocycles. The number of halogens is 1. The molecule has 1 amide bonds. The minimum Gasteiger partial charge on any atom is -0.493 e. The Morgan fingerprint density at radius 3 is 2.64 bits per heavy atom. The first-order chi connectivity index (χ1) is 19.1. The SMILES string of the molecule is C=CCc1ccc(OCCCn2c(CCCCCNC(=O)c3ccc(Cl)cc3)nc3ccccc32)c(OC)c1. The second-order valence-corrected chi connectivity index (χ2v) is 9.86. The third-order valence-electron chi connectivity index (χ3n) is 6.59. The van der Waals surface area contributed by atoms with E-state index in [4.69, 9.17) is 26.1 Å². The van der Waals surface area contributed by atoms with Crippen LogP contribution < -0.4 is 14.8 Å². The van der Waals surface area contributed by atoms with E-state index in [1.54, 1.807) is 31.4 Å². The lowest BCUT2D eigenvalue weighted by atomic mass is 10.1. The highest BCUT2D eigenvalue weighted by molar-refractivity contribution is 6.30. The Morgan fingerprint density at radius 2 is 1.85 bits per heavy atom. The summed E-state index contributed by atoms with van der Waals surface area (Å²) in [5.41, 5.74) is 3.94. The average Bonchev–Trinajstić information content (AvgIpc) is 3.31. The molecule has 7 heteroatoms. The lowest BCUT2D eigenvalue weighted by Gasteiger charge is -2.13. The number of rotatable bonds is 15. The fraction of sp³-hybridized carbons (Fsp3) is 0.312. The maximum Gasteiger partial charge on any atom is 0.251 e. The van der Waals surface area contributed by atoms with Crippen LogP contribution in [0.15, 0.2) is 79.4 Å². The molecule has 1 aromatic heterocycles. The Labute approximate surface area is 235 Å². The lowest BCUT2D eigenvalue weighted by molar-refractivity contribution is 0.0953. The lowest BCUT2D eigenvalue weighted by Crippen LogP contribution is -2.24. The predicted molar refractivity (Wildman–Crippen MR) is 158 cm³/mol. The van der Waals surface area contributed by atoms with Gasteiger partial charge in [-0.3, -0.25) is 4.79 Å². The van der Waals surface area contributed by atoms with Crippen LogP contribution in [0.25, 0.3) is 11.0 Å². The van der Waals surface area contributed by atoms with Crippen molar-refractivity contribution < 1.29 is 14.3 Å². The molecule has 0 aliphatic rings. The molecule has 4 rings (SSSR count). The van der Waals surface area contributed by atoms with Gasteiger partial charge in [-0.05, 0) is 79.8 Å². The molecule has 0 bridgehead atoms. The van der Waals surface area contributed by atoms with E-state index >= 15 is 0 Å². The van der Waals surface area contributed by atoms with Gasteiger partial charge in [0.1, 0.15) is 5.82 Å². The third-order valence-corrected chi connectivity index (χ3v) is 6.85. The first kappa shape index (κ1) is 28.2. The zero-order valence-electron chi connectivity index (χ0n) is 22.5. The van der Waals surface area contributed by atoms with E-state index in [2.05, 4.69) is 34.7 Å². The number of hydrogen-bond donors (Lipinski definition) is 1. The number of fused-ring (bicyclic) bond motifs is 1. The first-order valence-corrected chi connectivity index (χ1v) is 13.9. The number of para-hydroxylation sites is 2. The molecule has 0 aliphatic carbocycles. The highest BCUT2D eigenvalue weighted by Crippen LogP contribution is 2.28. The number of imidazole rings is 1. The molecule has 6 nitrogen and oxygen atoms in total. The van der Waals surface area contributed by atoms with Crippen LogP contribution in [-0.4, -0.2) is 35.7 Å². The average molecular weight is 546 g/mol. The quantitative estimate of drug-likeness (QED) is 0.128. The van der Waals surface area contributed by atoms with Crippen molar-refractivity contribution in [1.82, 2.24) is 14.9 Å². The molecule has 0 atom stereocenters. The number of carbonyl (C=O) groups is 1. The molecule has 3 aromatic carbocycles. The van der Waals surface area contributed by atoms with Gasteiger partial charge in [-0.2, -0.15) is 0 Å². The number of unbranched alkanes of at least 4 members (excludes halogenated alkanes) is 2. The molecule has 0 saturated carbocycles. The van der Waals surface area contributed by atoms with Crippen molar-refractivity contribution in [1.29, 1.82) is 0 Å². The van der Waals surface area contributed by atoms with Gasteiger partial charge in [0.2, 0.25) is 0 Å². The number of aromatic nitrogens is 2. The second-order valence-electron chi connectivity index (χ2n) is 9.42. The normalized spacial score (nSPS) is 10.9. The number of ether oxygens (including phenoxy) is 2. The van der Waals surface area contributed by atoms with E-state index in [-0.39, 0.29) is 5.91 Å². The fourth-order valence-corrected chi connectivity index (χ4v) is 4.71. The number of nitrogens with one attached hydrogen (secondary N) is 1. The summed E-state index contributed by atoms with van der Waals surface area (Å²) in [7, 11) is 1.66. The number of carbonyl (C=O) groups excluding carboxylic acids is 1. The Bertz CT molecular complexity index is 1380. The monoisotopic (exact) mass is 545 g/mol. The van der Waals surface area contributed by atoms with Crippen molar-refractivity contribution in [3.05, 3.63) is 101 Å². The topological polar surface area (TPSA) is 65.4 Å². The molecule has 204 valence electrons. The summed E-state index contributed by atoms with van der Waals surface area (Å²) < 4.78 is 13.9. The number of aryl methyl sites for hydroxylation is 2. The Kier molecular flexibility index (Phi) is 10.4. The van der Waals surface area contributed by atoms with Crippen LogP contribution >= 0.6 is 11.6 Å². The van der Waals surface area contributed by atoms with Gasteiger partial charge in [-0.15, -0.1) is 6.58 Å². The van der Waals surface area contributed by atoms with E-state index in [1.165, 1.54) is 0 Å². The zero-order valence-corrected chi connectivity index (χ0v) is 23.3. The third kappa shape index (κ3) is 7.87. The minimum absolute atomic E-state index is 0.0685. The molecule has 0 radical (unpaired) electrons. The Hall–Kier alpha value is -3.77. The molecule has 0 aliphatic heterocycles.